The van der Waals surface area contributed by atoms with Crippen molar-refractivity contribution in [1.29, 1.82) is 0 Å². The van der Waals surface area contributed by atoms with E-state index < -0.39 is 10.9 Å². The van der Waals surface area contributed by atoms with Crippen LogP contribution in [0.15, 0.2) is 48.7 Å². The molecule has 10 heteroatoms. The lowest BCUT2D eigenvalue weighted by molar-refractivity contribution is -0.384. The molecule has 0 aliphatic heterocycles. The maximum atomic E-state index is 11.5. The van der Waals surface area contributed by atoms with Crippen LogP contribution in [0.4, 0.5) is 17.3 Å². The van der Waals surface area contributed by atoms with Crippen molar-refractivity contribution in [2.45, 2.75) is 6.92 Å². The third-order valence-corrected chi connectivity index (χ3v) is 3.90. The van der Waals surface area contributed by atoms with E-state index in [9.17, 15) is 24.8 Å². The molecule has 3 aromatic rings. The van der Waals surface area contributed by atoms with Crippen LogP contribution < -0.4 is 11.1 Å². The number of hydrogen-bond donors (Lipinski definition) is 3. The van der Waals surface area contributed by atoms with Gasteiger partial charge in [0.05, 0.1) is 27.6 Å². The first-order valence-electron chi connectivity index (χ1n) is 8.01. The summed E-state index contributed by atoms with van der Waals surface area (Å²) >= 11 is 0. The molecule has 0 saturated carbocycles. The van der Waals surface area contributed by atoms with Gasteiger partial charge in [0.2, 0.25) is 11.9 Å². The minimum Gasteiger partial charge on any atom is -0.478 e. The number of hydrogen-bond acceptors (Lipinski definition) is 6. The van der Waals surface area contributed by atoms with Crippen molar-refractivity contribution in [3.63, 3.8) is 0 Å². The fraction of sp³-hybridized carbons (Fsp3) is 0.0556. The van der Waals surface area contributed by atoms with E-state index in [1.165, 1.54) is 54.1 Å². The number of nitrogen functional groups attached to an aromatic ring is 1. The highest BCUT2D eigenvalue weighted by Crippen LogP contribution is 2.29. The number of amides is 1. The Hall–Kier alpha value is -4.21. The molecule has 142 valence electrons. The minimum absolute atomic E-state index is 0.00546. The molecular formula is C18H15N5O5. The van der Waals surface area contributed by atoms with Crippen LogP contribution in [0.1, 0.15) is 17.3 Å². The lowest BCUT2D eigenvalue weighted by atomic mass is 10.1. The van der Waals surface area contributed by atoms with Gasteiger partial charge in [-0.05, 0) is 18.2 Å². The van der Waals surface area contributed by atoms with Crippen LogP contribution in [-0.2, 0) is 4.79 Å². The van der Waals surface area contributed by atoms with Gasteiger partial charge in [-0.25, -0.2) is 9.78 Å². The molecule has 3 rings (SSSR count). The summed E-state index contributed by atoms with van der Waals surface area (Å²) < 4.78 is 1.41. The molecule has 0 atom stereocenters. The maximum Gasteiger partial charge on any atom is 0.335 e. The number of non-ortho nitro benzene ring substituents is 1. The summed E-state index contributed by atoms with van der Waals surface area (Å²) in [5.41, 5.74) is 7.35. The maximum absolute atomic E-state index is 11.5. The first-order valence-corrected chi connectivity index (χ1v) is 8.01. The highest BCUT2D eigenvalue weighted by Gasteiger charge is 2.16. The van der Waals surface area contributed by atoms with Crippen molar-refractivity contribution < 1.29 is 19.6 Å². The van der Waals surface area contributed by atoms with Crippen LogP contribution >= 0.6 is 0 Å². The second-order valence-corrected chi connectivity index (χ2v) is 5.88. The molecule has 0 unspecified atom stereocenters. The van der Waals surface area contributed by atoms with Crippen molar-refractivity contribution in [2.24, 2.45) is 0 Å². The van der Waals surface area contributed by atoms with Crippen molar-refractivity contribution >= 4 is 29.2 Å². The molecule has 28 heavy (non-hydrogen) atoms. The summed E-state index contributed by atoms with van der Waals surface area (Å²) in [5, 5.41) is 22.9. The van der Waals surface area contributed by atoms with Crippen molar-refractivity contribution in [2.75, 3.05) is 11.1 Å². The van der Waals surface area contributed by atoms with Gasteiger partial charge in [0.15, 0.2) is 0 Å². The average molecular weight is 381 g/mol. The van der Waals surface area contributed by atoms with Crippen LogP contribution in [0.5, 0.6) is 0 Å². The molecule has 1 aromatic heterocycles. The second-order valence-electron chi connectivity index (χ2n) is 5.88. The molecule has 0 aliphatic carbocycles. The Bertz CT molecular complexity index is 1110. The normalized spacial score (nSPS) is 10.5. The Morgan fingerprint density at radius 1 is 1.25 bits per heavy atom. The van der Waals surface area contributed by atoms with Gasteiger partial charge in [0, 0.05) is 30.8 Å². The predicted molar refractivity (Wildman–Crippen MR) is 101 cm³/mol. The Morgan fingerprint density at radius 2 is 2.00 bits per heavy atom. The first-order chi connectivity index (χ1) is 13.3. The zero-order valence-corrected chi connectivity index (χ0v) is 14.6. The molecule has 0 aliphatic rings. The van der Waals surface area contributed by atoms with Gasteiger partial charge in [0.1, 0.15) is 0 Å². The fourth-order valence-electron chi connectivity index (χ4n) is 2.66. The van der Waals surface area contributed by atoms with E-state index in [4.69, 9.17) is 5.73 Å². The molecule has 2 aromatic carbocycles. The van der Waals surface area contributed by atoms with E-state index in [-0.39, 0.29) is 23.1 Å². The smallest absolute Gasteiger partial charge is 0.335 e. The van der Waals surface area contributed by atoms with Crippen LogP contribution in [-0.4, -0.2) is 31.5 Å². The number of nitro benzene ring substituents is 1. The van der Waals surface area contributed by atoms with Gasteiger partial charge in [-0.3, -0.25) is 19.5 Å². The molecular weight excluding hydrogens is 366 g/mol. The standard InChI is InChI=1S/C18H15N5O5/c1-10(24)20-14-6-5-12(17(25)26)8-16(14)22-9-15(21-18(22)19)11-3-2-4-13(7-11)23(27)28/h2-9H,1H3,(H2,19,21)(H,20,24)(H,25,26). The molecule has 0 saturated heterocycles. The van der Waals surface area contributed by atoms with Crippen LogP contribution in [0.2, 0.25) is 0 Å². The Kier molecular flexibility index (Phi) is 4.77. The van der Waals surface area contributed by atoms with E-state index in [1.54, 1.807) is 6.07 Å². The lowest BCUT2D eigenvalue weighted by Gasteiger charge is -2.12. The summed E-state index contributed by atoms with van der Waals surface area (Å²) in [5.74, 6) is -1.47. The number of nitrogens with one attached hydrogen (secondary N) is 1. The van der Waals surface area contributed by atoms with Crippen molar-refractivity contribution in [3.05, 3.63) is 64.3 Å². The zero-order valence-electron chi connectivity index (χ0n) is 14.6. The number of imidazole rings is 1. The number of aromatic nitrogens is 2. The predicted octanol–water partition coefficient (Wildman–Crippen LogP) is 2.69. The molecule has 1 amide bonds. The van der Waals surface area contributed by atoms with Gasteiger partial charge in [0.25, 0.3) is 5.69 Å². The number of nitrogens with two attached hydrogens (primary N) is 1. The summed E-state index contributed by atoms with van der Waals surface area (Å²) in [6, 6.07) is 10.0. The number of nitro groups is 1. The van der Waals surface area contributed by atoms with E-state index in [0.29, 0.717) is 22.6 Å². The minimum atomic E-state index is -1.15. The van der Waals surface area contributed by atoms with Crippen molar-refractivity contribution in [3.8, 4) is 16.9 Å². The summed E-state index contributed by atoms with van der Waals surface area (Å²) in [6.45, 7) is 1.32. The number of anilines is 2. The Balaban J connectivity index is 2.13. The monoisotopic (exact) mass is 381 g/mol. The van der Waals surface area contributed by atoms with Gasteiger partial charge < -0.3 is 16.2 Å². The molecule has 0 radical (unpaired) electrons. The topological polar surface area (TPSA) is 153 Å². The zero-order chi connectivity index (χ0) is 20.4. The molecule has 10 nitrogen and oxygen atoms in total. The number of carboxylic acid groups (broad SMARTS) is 1. The summed E-state index contributed by atoms with van der Waals surface area (Å²) in [6.07, 6.45) is 1.51. The molecule has 1 heterocycles. The van der Waals surface area contributed by atoms with E-state index in [1.807, 2.05) is 0 Å². The van der Waals surface area contributed by atoms with Gasteiger partial charge in [-0.2, -0.15) is 0 Å². The number of aromatic carboxylic acids is 1. The van der Waals surface area contributed by atoms with Gasteiger partial charge in [-0.15, -0.1) is 0 Å². The molecule has 0 bridgehead atoms. The number of carbonyl (C=O) groups is 2. The number of rotatable bonds is 5. The highest BCUT2D eigenvalue weighted by atomic mass is 16.6. The van der Waals surface area contributed by atoms with E-state index in [0.717, 1.165) is 0 Å². The molecule has 0 fully saturated rings. The summed E-state index contributed by atoms with van der Waals surface area (Å²) in [4.78, 5) is 37.5. The Morgan fingerprint density at radius 3 is 2.64 bits per heavy atom. The van der Waals surface area contributed by atoms with Gasteiger partial charge in [-0.1, -0.05) is 12.1 Å². The quantitative estimate of drug-likeness (QED) is 0.453. The summed E-state index contributed by atoms with van der Waals surface area (Å²) in [7, 11) is 0. The van der Waals surface area contributed by atoms with Crippen LogP contribution in [0.25, 0.3) is 16.9 Å². The number of benzene rings is 2. The second kappa shape index (κ2) is 7.19. The fourth-order valence-corrected chi connectivity index (χ4v) is 2.66. The largest absolute Gasteiger partial charge is 0.478 e. The van der Waals surface area contributed by atoms with Crippen molar-refractivity contribution in [1.82, 2.24) is 9.55 Å². The van der Waals surface area contributed by atoms with E-state index >= 15 is 0 Å². The lowest BCUT2D eigenvalue weighted by Crippen LogP contribution is -2.11. The highest BCUT2D eigenvalue weighted by molar-refractivity contribution is 5.94. The van der Waals surface area contributed by atoms with Crippen LogP contribution in [0, 0.1) is 10.1 Å². The molecule has 0 spiro atoms. The number of carboxylic acids is 1. The third kappa shape index (κ3) is 3.65. The number of carbonyl (C=O) groups excluding carboxylic acids is 1. The van der Waals surface area contributed by atoms with E-state index in [2.05, 4.69) is 10.3 Å². The third-order valence-electron chi connectivity index (χ3n) is 3.90. The molecule has 4 N–H and O–H groups in total. The average Bonchev–Trinajstić information content (AvgIpc) is 3.03. The first kappa shape index (κ1) is 18.6. The Labute approximate surface area is 158 Å². The van der Waals surface area contributed by atoms with Crippen LogP contribution in [0.3, 0.4) is 0 Å². The SMILES string of the molecule is CC(=O)Nc1ccc(C(=O)O)cc1-n1cc(-c2cccc([N+](=O)[O-])c2)nc1N. The number of nitrogens with zero attached hydrogens (tertiary/aromatic N) is 3. The van der Waals surface area contributed by atoms with Gasteiger partial charge >= 0.3 is 5.97 Å².